The summed E-state index contributed by atoms with van der Waals surface area (Å²) in [7, 11) is 0. The predicted molar refractivity (Wildman–Crippen MR) is 93.1 cm³/mol. The maximum atomic E-state index is 5.96. The van der Waals surface area contributed by atoms with Gasteiger partial charge in [0.25, 0.3) is 0 Å². The summed E-state index contributed by atoms with van der Waals surface area (Å²) in [5.74, 6) is 6.68. The summed E-state index contributed by atoms with van der Waals surface area (Å²) in [5.41, 5.74) is 9.23. The Morgan fingerprint density at radius 1 is 1.05 bits per heavy atom. The van der Waals surface area contributed by atoms with Crippen molar-refractivity contribution in [2.75, 3.05) is 5.73 Å². The number of hydrogen-bond acceptors (Lipinski definition) is 2. The molecule has 1 heterocycles. The standard InChI is InChI=1S/C17H12ClN3.ClH/c18-14-6-3-4-12(10-14)8-9-13-5-1-2-7-15(13)16-11-20-17(19)21-16;/h1-7,10-11H,(H3,19,20,21);1H. The van der Waals surface area contributed by atoms with Crippen molar-refractivity contribution in [1.29, 1.82) is 0 Å². The van der Waals surface area contributed by atoms with Gasteiger partial charge in [-0.2, -0.15) is 0 Å². The van der Waals surface area contributed by atoms with Gasteiger partial charge >= 0.3 is 0 Å². The molecule has 0 radical (unpaired) electrons. The number of imidazole rings is 1. The molecule has 0 saturated carbocycles. The Kier molecular flexibility index (Phi) is 5.11. The topological polar surface area (TPSA) is 54.7 Å². The molecule has 0 bridgehead atoms. The average molecular weight is 330 g/mol. The number of rotatable bonds is 1. The maximum Gasteiger partial charge on any atom is 0.197 e. The third kappa shape index (κ3) is 3.62. The first-order valence-electron chi connectivity index (χ1n) is 6.40. The lowest BCUT2D eigenvalue weighted by Gasteiger charge is -2.01. The largest absolute Gasteiger partial charge is 0.369 e. The molecule has 22 heavy (non-hydrogen) atoms. The molecule has 0 saturated heterocycles. The van der Waals surface area contributed by atoms with Crippen LogP contribution in [0.25, 0.3) is 11.3 Å². The van der Waals surface area contributed by atoms with Gasteiger partial charge in [-0.05, 0) is 24.3 Å². The van der Waals surface area contributed by atoms with Crippen molar-refractivity contribution < 1.29 is 0 Å². The zero-order valence-corrected chi connectivity index (χ0v) is 13.1. The molecule has 5 heteroatoms. The van der Waals surface area contributed by atoms with E-state index >= 15 is 0 Å². The van der Waals surface area contributed by atoms with E-state index in [2.05, 4.69) is 21.8 Å². The zero-order valence-electron chi connectivity index (χ0n) is 11.5. The fourth-order valence-electron chi connectivity index (χ4n) is 2.01. The molecular weight excluding hydrogens is 317 g/mol. The van der Waals surface area contributed by atoms with E-state index in [1.807, 2.05) is 48.5 Å². The lowest BCUT2D eigenvalue weighted by atomic mass is 10.1. The van der Waals surface area contributed by atoms with Crippen molar-refractivity contribution in [3.8, 4) is 23.1 Å². The van der Waals surface area contributed by atoms with E-state index in [1.165, 1.54) is 0 Å². The summed E-state index contributed by atoms with van der Waals surface area (Å²) >= 11 is 5.96. The first-order chi connectivity index (χ1) is 10.2. The molecule has 0 aliphatic carbocycles. The fraction of sp³-hybridized carbons (Fsp3) is 0. The summed E-state index contributed by atoms with van der Waals surface area (Å²) in [5, 5.41) is 0.677. The second-order valence-electron chi connectivity index (χ2n) is 4.49. The van der Waals surface area contributed by atoms with E-state index in [0.29, 0.717) is 11.0 Å². The van der Waals surface area contributed by atoms with Crippen LogP contribution in [-0.4, -0.2) is 9.97 Å². The number of aromatic nitrogens is 2. The van der Waals surface area contributed by atoms with E-state index in [4.69, 9.17) is 17.3 Å². The van der Waals surface area contributed by atoms with Crippen molar-refractivity contribution >= 4 is 30.0 Å². The number of aromatic amines is 1. The van der Waals surface area contributed by atoms with E-state index < -0.39 is 0 Å². The number of halogens is 2. The molecule has 0 fully saturated rings. The Labute approximate surface area is 139 Å². The van der Waals surface area contributed by atoms with Crippen molar-refractivity contribution in [2.24, 2.45) is 0 Å². The van der Waals surface area contributed by atoms with Crippen LogP contribution in [0.15, 0.2) is 54.7 Å². The van der Waals surface area contributed by atoms with Gasteiger partial charge in [0.05, 0.1) is 11.9 Å². The minimum Gasteiger partial charge on any atom is -0.369 e. The normalized spacial score (nSPS) is 9.50. The third-order valence-corrected chi connectivity index (χ3v) is 3.21. The average Bonchev–Trinajstić information content (AvgIpc) is 2.92. The maximum absolute atomic E-state index is 5.96. The lowest BCUT2D eigenvalue weighted by molar-refractivity contribution is 1.32. The monoisotopic (exact) mass is 329 g/mol. The van der Waals surface area contributed by atoms with Crippen LogP contribution < -0.4 is 5.73 Å². The first kappa shape index (κ1) is 16.0. The molecule has 3 nitrogen and oxygen atoms in total. The quantitative estimate of drug-likeness (QED) is 0.659. The fourth-order valence-corrected chi connectivity index (χ4v) is 2.20. The highest BCUT2D eigenvalue weighted by molar-refractivity contribution is 6.30. The summed E-state index contributed by atoms with van der Waals surface area (Å²) in [6.07, 6.45) is 1.70. The zero-order chi connectivity index (χ0) is 14.7. The van der Waals surface area contributed by atoms with Crippen LogP contribution in [0.1, 0.15) is 11.1 Å². The molecule has 0 spiro atoms. The molecule has 0 amide bonds. The Morgan fingerprint density at radius 3 is 2.59 bits per heavy atom. The summed E-state index contributed by atoms with van der Waals surface area (Å²) in [4.78, 5) is 7.04. The molecule has 0 aliphatic heterocycles. The van der Waals surface area contributed by atoms with Crippen molar-refractivity contribution in [2.45, 2.75) is 0 Å². The number of nitrogen functional groups attached to an aromatic ring is 1. The van der Waals surface area contributed by atoms with Crippen LogP contribution in [0.4, 0.5) is 5.95 Å². The van der Waals surface area contributed by atoms with Gasteiger partial charge in [-0.3, -0.25) is 0 Å². The van der Waals surface area contributed by atoms with Crippen molar-refractivity contribution in [3.63, 3.8) is 0 Å². The van der Waals surface area contributed by atoms with Crippen LogP contribution in [-0.2, 0) is 0 Å². The second kappa shape index (κ2) is 7.04. The number of nitrogens with one attached hydrogen (secondary N) is 1. The second-order valence-corrected chi connectivity index (χ2v) is 4.92. The highest BCUT2D eigenvalue weighted by Crippen LogP contribution is 2.21. The van der Waals surface area contributed by atoms with Crippen LogP contribution in [0.3, 0.4) is 0 Å². The molecule has 0 unspecified atom stereocenters. The van der Waals surface area contributed by atoms with Crippen LogP contribution in [0, 0.1) is 11.8 Å². The highest BCUT2D eigenvalue weighted by atomic mass is 35.5. The minimum atomic E-state index is 0. The van der Waals surface area contributed by atoms with Crippen LogP contribution in [0.5, 0.6) is 0 Å². The molecule has 0 aliphatic rings. The Morgan fingerprint density at radius 2 is 1.86 bits per heavy atom. The SMILES string of the molecule is Cl.Nc1ncc(-c2ccccc2C#Cc2cccc(Cl)c2)[nH]1. The van der Waals surface area contributed by atoms with Gasteiger partial charge in [0.1, 0.15) is 0 Å². The smallest absolute Gasteiger partial charge is 0.197 e. The van der Waals surface area contributed by atoms with E-state index in [9.17, 15) is 0 Å². The molecule has 2 aromatic carbocycles. The molecule has 110 valence electrons. The highest BCUT2D eigenvalue weighted by Gasteiger charge is 2.05. The number of benzene rings is 2. The van der Waals surface area contributed by atoms with Gasteiger partial charge in [0, 0.05) is 21.7 Å². The summed E-state index contributed by atoms with van der Waals surface area (Å²) in [6, 6.07) is 15.3. The lowest BCUT2D eigenvalue weighted by Crippen LogP contribution is -1.87. The Bertz CT molecular complexity index is 844. The van der Waals surface area contributed by atoms with E-state index in [-0.39, 0.29) is 12.4 Å². The number of nitrogens with zero attached hydrogens (tertiary/aromatic N) is 1. The first-order valence-corrected chi connectivity index (χ1v) is 6.77. The predicted octanol–water partition coefficient (Wildman–Crippen LogP) is 4.13. The molecule has 3 rings (SSSR count). The summed E-state index contributed by atoms with van der Waals surface area (Å²) < 4.78 is 0. The van der Waals surface area contributed by atoms with E-state index in [0.717, 1.165) is 22.4 Å². The molecule has 1 aromatic heterocycles. The van der Waals surface area contributed by atoms with Crippen LogP contribution in [0.2, 0.25) is 5.02 Å². The van der Waals surface area contributed by atoms with Gasteiger partial charge in [0.2, 0.25) is 0 Å². The van der Waals surface area contributed by atoms with Gasteiger partial charge in [-0.15, -0.1) is 12.4 Å². The number of hydrogen-bond donors (Lipinski definition) is 2. The number of nitrogens with two attached hydrogens (primary N) is 1. The summed E-state index contributed by atoms with van der Waals surface area (Å²) in [6.45, 7) is 0. The Hall–Kier alpha value is -2.41. The van der Waals surface area contributed by atoms with Crippen molar-refractivity contribution in [3.05, 3.63) is 70.9 Å². The molecular formula is C17H13Cl2N3. The molecule has 3 aromatic rings. The number of H-pyrrole nitrogens is 1. The van der Waals surface area contributed by atoms with Gasteiger partial charge < -0.3 is 10.7 Å². The third-order valence-electron chi connectivity index (χ3n) is 2.98. The minimum absolute atomic E-state index is 0. The van der Waals surface area contributed by atoms with Crippen molar-refractivity contribution in [1.82, 2.24) is 9.97 Å². The Balaban J connectivity index is 0.00000176. The van der Waals surface area contributed by atoms with Gasteiger partial charge in [-0.1, -0.05) is 47.7 Å². The van der Waals surface area contributed by atoms with Gasteiger partial charge in [0.15, 0.2) is 5.95 Å². The van der Waals surface area contributed by atoms with Crippen LogP contribution >= 0.6 is 24.0 Å². The van der Waals surface area contributed by atoms with Gasteiger partial charge in [-0.25, -0.2) is 4.98 Å². The van der Waals surface area contributed by atoms with E-state index in [1.54, 1.807) is 6.20 Å². The number of anilines is 1. The molecule has 0 atom stereocenters. The molecule has 3 N–H and O–H groups in total.